The Hall–Kier alpha value is -1.56. The molecule has 0 aliphatic carbocycles. The molecule has 1 amide bonds. The Morgan fingerprint density at radius 2 is 1.85 bits per heavy atom. The van der Waals surface area contributed by atoms with Crippen molar-refractivity contribution in [2.45, 2.75) is 76.7 Å². The monoisotopic (exact) mass is 381 g/mol. The van der Waals surface area contributed by atoms with Crippen LogP contribution in [0.25, 0.3) is 0 Å². The maximum atomic E-state index is 12.6. The molecule has 0 atom stereocenters. The summed E-state index contributed by atoms with van der Waals surface area (Å²) in [7, 11) is -3.27. The number of unbranched alkanes of at least 4 members (excludes halogenated alkanes) is 4. The lowest BCUT2D eigenvalue weighted by atomic mass is 10.2. The molecule has 0 unspecified atom stereocenters. The molecule has 6 heteroatoms. The zero-order valence-electron chi connectivity index (χ0n) is 16.4. The summed E-state index contributed by atoms with van der Waals surface area (Å²) >= 11 is 0. The summed E-state index contributed by atoms with van der Waals surface area (Å²) in [5, 5.41) is 0. The number of rotatable bonds is 7. The van der Waals surface area contributed by atoms with E-state index >= 15 is 0 Å². The number of carbonyl (C=O) groups is 1. The average Bonchev–Trinajstić information content (AvgIpc) is 2.96. The van der Waals surface area contributed by atoms with Gasteiger partial charge in [-0.15, -0.1) is 0 Å². The van der Waals surface area contributed by atoms with E-state index in [2.05, 4.69) is 6.92 Å². The first kappa shape index (κ1) is 20.7. The quantitative estimate of drug-likeness (QED) is 0.641. The molecular weight excluding hydrogens is 350 g/mol. The SMILES string of the molecule is CCCCCCCS(=O)(=O)c1ccc2c(c1)CCN2C(=O)OC(C)(C)C. The molecular formula is C20H31NO4S. The van der Waals surface area contributed by atoms with E-state index in [4.69, 9.17) is 4.74 Å². The van der Waals surface area contributed by atoms with Gasteiger partial charge >= 0.3 is 6.09 Å². The van der Waals surface area contributed by atoms with Crippen molar-refractivity contribution in [1.29, 1.82) is 0 Å². The molecule has 0 bridgehead atoms. The Morgan fingerprint density at radius 1 is 1.15 bits per heavy atom. The Bertz CT molecular complexity index is 735. The first-order valence-electron chi connectivity index (χ1n) is 9.50. The van der Waals surface area contributed by atoms with Crippen LogP contribution < -0.4 is 4.90 Å². The minimum Gasteiger partial charge on any atom is -0.443 e. The number of ether oxygens (including phenoxy) is 1. The zero-order valence-corrected chi connectivity index (χ0v) is 17.2. The lowest BCUT2D eigenvalue weighted by Crippen LogP contribution is -2.35. The summed E-state index contributed by atoms with van der Waals surface area (Å²) in [6.07, 6.45) is 5.29. The van der Waals surface area contributed by atoms with Crippen LogP contribution in [0.4, 0.5) is 10.5 Å². The van der Waals surface area contributed by atoms with Crippen LogP contribution in [-0.4, -0.2) is 32.4 Å². The molecule has 146 valence electrons. The van der Waals surface area contributed by atoms with Gasteiger partial charge in [-0.2, -0.15) is 0 Å². The summed E-state index contributed by atoms with van der Waals surface area (Å²) in [4.78, 5) is 14.3. The van der Waals surface area contributed by atoms with Gasteiger partial charge in [-0.3, -0.25) is 4.90 Å². The lowest BCUT2D eigenvalue weighted by molar-refractivity contribution is 0.0584. The molecule has 26 heavy (non-hydrogen) atoms. The van der Waals surface area contributed by atoms with Crippen LogP contribution in [0.5, 0.6) is 0 Å². The van der Waals surface area contributed by atoms with E-state index in [0.29, 0.717) is 24.3 Å². The summed E-state index contributed by atoms with van der Waals surface area (Å²) in [5.41, 5.74) is 1.09. The van der Waals surface area contributed by atoms with E-state index in [1.807, 2.05) is 20.8 Å². The molecule has 0 saturated carbocycles. The summed E-state index contributed by atoms with van der Waals surface area (Å²) < 4.78 is 30.6. The topological polar surface area (TPSA) is 63.7 Å². The zero-order chi connectivity index (χ0) is 19.4. The van der Waals surface area contributed by atoms with Gasteiger partial charge in [0.25, 0.3) is 0 Å². The number of hydrogen-bond acceptors (Lipinski definition) is 4. The highest BCUT2D eigenvalue weighted by atomic mass is 32.2. The van der Waals surface area contributed by atoms with Crippen molar-refractivity contribution in [2.24, 2.45) is 0 Å². The molecule has 0 aromatic heterocycles. The standard InChI is InChI=1S/C20H31NO4S/c1-5-6-7-8-9-14-26(23,24)17-10-11-18-16(15-17)12-13-21(18)19(22)25-20(2,3)4/h10-11,15H,5-9,12-14H2,1-4H3. The molecule has 1 aliphatic heterocycles. The number of sulfone groups is 1. The van der Waals surface area contributed by atoms with E-state index in [1.54, 1.807) is 23.1 Å². The van der Waals surface area contributed by atoms with Crippen molar-refractivity contribution in [3.8, 4) is 0 Å². The van der Waals surface area contributed by atoms with Gasteiger partial charge in [-0.25, -0.2) is 13.2 Å². The maximum Gasteiger partial charge on any atom is 0.414 e. The molecule has 5 nitrogen and oxygen atoms in total. The minimum atomic E-state index is -3.27. The highest BCUT2D eigenvalue weighted by molar-refractivity contribution is 7.91. The smallest absolute Gasteiger partial charge is 0.414 e. The molecule has 0 N–H and O–H groups in total. The summed E-state index contributed by atoms with van der Waals surface area (Å²) in [5.74, 6) is 0.186. The number of nitrogens with zero attached hydrogens (tertiary/aromatic N) is 1. The average molecular weight is 382 g/mol. The molecule has 0 spiro atoms. The second-order valence-electron chi connectivity index (χ2n) is 7.91. The molecule has 0 saturated heterocycles. The van der Waals surface area contributed by atoms with Crippen LogP contribution in [-0.2, 0) is 21.0 Å². The van der Waals surface area contributed by atoms with Crippen LogP contribution in [0.15, 0.2) is 23.1 Å². The van der Waals surface area contributed by atoms with Crippen molar-refractivity contribution >= 4 is 21.6 Å². The van der Waals surface area contributed by atoms with E-state index in [0.717, 1.165) is 36.9 Å². The first-order chi connectivity index (χ1) is 12.1. The third-order valence-electron chi connectivity index (χ3n) is 4.44. The molecule has 2 rings (SSSR count). The normalized spacial score (nSPS) is 14.4. The second-order valence-corrected chi connectivity index (χ2v) is 10.0. The van der Waals surface area contributed by atoms with E-state index in [-0.39, 0.29) is 11.8 Å². The number of carbonyl (C=O) groups excluding carboxylic acids is 1. The largest absolute Gasteiger partial charge is 0.443 e. The number of fused-ring (bicyclic) bond motifs is 1. The van der Waals surface area contributed by atoms with Gasteiger partial charge in [0.1, 0.15) is 5.60 Å². The van der Waals surface area contributed by atoms with Crippen molar-refractivity contribution < 1.29 is 17.9 Å². The number of benzene rings is 1. The fourth-order valence-corrected chi connectivity index (χ4v) is 4.51. The second kappa shape index (κ2) is 8.42. The molecule has 0 radical (unpaired) electrons. The van der Waals surface area contributed by atoms with Gasteiger partial charge in [0, 0.05) is 6.54 Å². The predicted molar refractivity (Wildman–Crippen MR) is 105 cm³/mol. The van der Waals surface area contributed by atoms with Gasteiger partial charge in [0.2, 0.25) is 0 Å². The van der Waals surface area contributed by atoms with Gasteiger partial charge in [0.15, 0.2) is 9.84 Å². The molecule has 1 heterocycles. The van der Waals surface area contributed by atoms with E-state index in [9.17, 15) is 13.2 Å². The molecule has 0 fully saturated rings. The van der Waals surface area contributed by atoms with Crippen molar-refractivity contribution in [1.82, 2.24) is 0 Å². The van der Waals surface area contributed by atoms with Crippen LogP contribution >= 0.6 is 0 Å². The Kier molecular flexibility index (Phi) is 6.72. The number of amides is 1. The molecule has 1 aliphatic rings. The Labute approximate surface area is 157 Å². The fraction of sp³-hybridized carbons (Fsp3) is 0.650. The van der Waals surface area contributed by atoms with Gasteiger partial charge in [-0.05, 0) is 57.4 Å². The van der Waals surface area contributed by atoms with Gasteiger partial charge in [0.05, 0.1) is 16.3 Å². The van der Waals surface area contributed by atoms with Crippen molar-refractivity contribution in [2.75, 3.05) is 17.2 Å². The number of hydrogen-bond donors (Lipinski definition) is 0. The van der Waals surface area contributed by atoms with Gasteiger partial charge < -0.3 is 4.74 Å². The van der Waals surface area contributed by atoms with Crippen molar-refractivity contribution in [3.63, 3.8) is 0 Å². The maximum absolute atomic E-state index is 12.6. The Morgan fingerprint density at radius 3 is 2.50 bits per heavy atom. The number of anilines is 1. The van der Waals surface area contributed by atoms with Crippen LogP contribution in [0.3, 0.4) is 0 Å². The predicted octanol–water partition coefficient (Wildman–Crippen LogP) is 4.73. The molecule has 1 aromatic carbocycles. The van der Waals surface area contributed by atoms with E-state index in [1.165, 1.54) is 0 Å². The van der Waals surface area contributed by atoms with Crippen molar-refractivity contribution in [3.05, 3.63) is 23.8 Å². The Balaban J connectivity index is 2.06. The summed E-state index contributed by atoms with van der Waals surface area (Å²) in [6, 6.07) is 5.07. The van der Waals surface area contributed by atoms with Crippen LogP contribution in [0.2, 0.25) is 0 Å². The van der Waals surface area contributed by atoms with Crippen LogP contribution in [0.1, 0.15) is 65.4 Å². The highest BCUT2D eigenvalue weighted by Gasteiger charge is 2.30. The van der Waals surface area contributed by atoms with Gasteiger partial charge in [-0.1, -0.05) is 32.6 Å². The van der Waals surface area contributed by atoms with E-state index < -0.39 is 15.4 Å². The minimum absolute atomic E-state index is 0.186. The third-order valence-corrected chi connectivity index (χ3v) is 6.23. The first-order valence-corrected chi connectivity index (χ1v) is 11.2. The lowest BCUT2D eigenvalue weighted by Gasteiger charge is -2.24. The highest BCUT2D eigenvalue weighted by Crippen LogP contribution is 2.32. The summed E-state index contributed by atoms with van der Waals surface area (Å²) in [6.45, 7) is 8.15. The third kappa shape index (κ3) is 5.47. The molecule has 1 aromatic rings. The van der Waals surface area contributed by atoms with Crippen LogP contribution in [0, 0.1) is 0 Å². The fourth-order valence-electron chi connectivity index (χ4n) is 3.09.